The van der Waals surface area contributed by atoms with Gasteiger partial charge in [-0.05, 0) is 30.5 Å². The number of hydrogen-bond donors (Lipinski definition) is 3. The Labute approximate surface area is 181 Å². The highest BCUT2D eigenvalue weighted by Crippen LogP contribution is 2.30. The number of aromatic nitrogens is 2. The number of imidazole rings is 1. The molecule has 0 radical (unpaired) electrons. The van der Waals surface area contributed by atoms with Gasteiger partial charge < -0.3 is 16.2 Å². The largest absolute Gasteiger partial charge is 0.496 e. The maximum Gasteiger partial charge on any atom is 0.221 e. The number of amidine groups is 1. The number of benzene rings is 2. The van der Waals surface area contributed by atoms with Gasteiger partial charge in [-0.3, -0.25) is 5.41 Å². The van der Waals surface area contributed by atoms with E-state index in [1.165, 1.54) is 0 Å². The highest BCUT2D eigenvalue weighted by molar-refractivity contribution is 6.08. The molecule has 0 bridgehead atoms. The Bertz CT molecular complexity index is 1080. The number of fused-ring (bicyclic) bond motifs is 1. The summed E-state index contributed by atoms with van der Waals surface area (Å²) in [6.07, 6.45) is 3.37. The van der Waals surface area contributed by atoms with Gasteiger partial charge in [0.15, 0.2) is 0 Å². The number of halogens is 2. The molecule has 5 N–H and O–H groups in total. The fourth-order valence-corrected chi connectivity index (χ4v) is 3.44. The number of ether oxygens (including phenoxy) is 1. The van der Waals surface area contributed by atoms with Crippen molar-refractivity contribution in [3.63, 3.8) is 0 Å². The van der Waals surface area contributed by atoms with Gasteiger partial charge in [0.25, 0.3) is 0 Å². The number of methoxy groups -OCH3 is 1. The van der Waals surface area contributed by atoms with Crippen LogP contribution in [0.3, 0.4) is 0 Å². The Morgan fingerprint density at radius 2 is 1.83 bits per heavy atom. The third-order valence-electron chi connectivity index (χ3n) is 4.71. The van der Waals surface area contributed by atoms with Crippen molar-refractivity contribution in [2.24, 2.45) is 10.8 Å². The normalized spacial score (nSPS) is 13.3. The van der Waals surface area contributed by atoms with Crippen LogP contribution in [-0.4, -0.2) is 28.3 Å². The van der Waals surface area contributed by atoms with Gasteiger partial charge in [-0.2, -0.15) is 5.10 Å². The molecule has 0 amide bonds. The fraction of sp³-hybridized carbons (Fsp3) is 0.150. The van der Waals surface area contributed by atoms with Crippen LogP contribution in [0.5, 0.6) is 5.75 Å². The lowest BCUT2D eigenvalue weighted by Gasteiger charge is -2.06. The van der Waals surface area contributed by atoms with Crippen molar-refractivity contribution in [1.82, 2.24) is 9.66 Å². The second-order valence-electron chi connectivity index (χ2n) is 6.32. The lowest BCUT2D eigenvalue weighted by atomic mass is 10.0. The molecule has 1 aliphatic rings. The van der Waals surface area contributed by atoms with Crippen molar-refractivity contribution in [3.05, 3.63) is 65.4 Å². The molecule has 0 saturated heterocycles. The van der Waals surface area contributed by atoms with E-state index in [0.29, 0.717) is 11.6 Å². The molecule has 0 fully saturated rings. The van der Waals surface area contributed by atoms with Crippen molar-refractivity contribution in [1.29, 1.82) is 5.41 Å². The van der Waals surface area contributed by atoms with E-state index in [1.807, 2.05) is 42.5 Å². The molecule has 1 aliphatic carbocycles. The van der Waals surface area contributed by atoms with Gasteiger partial charge in [0.05, 0.1) is 24.7 Å². The minimum absolute atomic E-state index is 0. The topological polar surface area (TPSA) is 115 Å². The monoisotopic (exact) mass is 432 g/mol. The maximum absolute atomic E-state index is 7.75. The summed E-state index contributed by atoms with van der Waals surface area (Å²) in [6, 6.07) is 13.4. The number of rotatable bonds is 4. The summed E-state index contributed by atoms with van der Waals surface area (Å²) < 4.78 is 7.00. The highest BCUT2D eigenvalue weighted by Gasteiger charge is 2.22. The minimum atomic E-state index is 0. The van der Waals surface area contributed by atoms with E-state index in [2.05, 4.69) is 4.98 Å². The zero-order valence-corrected chi connectivity index (χ0v) is 17.4. The van der Waals surface area contributed by atoms with E-state index in [4.69, 9.17) is 26.7 Å². The van der Waals surface area contributed by atoms with Crippen LogP contribution < -0.4 is 16.2 Å². The van der Waals surface area contributed by atoms with E-state index in [1.54, 1.807) is 18.0 Å². The van der Waals surface area contributed by atoms with Gasteiger partial charge in [0.1, 0.15) is 11.6 Å². The first-order valence-corrected chi connectivity index (χ1v) is 8.61. The molecular formula is C20H22Cl2N6O. The Morgan fingerprint density at radius 3 is 2.55 bits per heavy atom. The molecule has 2 aromatic carbocycles. The van der Waals surface area contributed by atoms with Crippen LogP contribution in [0.15, 0.2) is 53.8 Å². The first-order valence-electron chi connectivity index (χ1n) is 8.61. The van der Waals surface area contributed by atoms with Crippen molar-refractivity contribution in [3.8, 4) is 17.0 Å². The van der Waals surface area contributed by atoms with Crippen molar-refractivity contribution in [2.75, 3.05) is 12.8 Å². The zero-order valence-electron chi connectivity index (χ0n) is 15.8. The van der Waals surface area contributed by atoms with Crippen LogP contribution in [0, 0.1) is 5.41 Å². The van der Waals surface area contributed by atoms with Gasteiger partial charge in [-0.1, -0.05) is 30.3 Å². The molecule has 1 aromatic heterocycles. The smallest absolute Gasteiger partial charge is 0.221 e. The van der Waals surface area contributed by atoms with Crippen molar-refractivity contribution in [2.45, 2.75) is 12.8 Å². The zero-order chi connectivity index (χ0) is 19.0. The maximum atomic E-state index is 7.75. The molecule has 152 valence electrons. The molecule has 9 heteroatoms. The van der Waals surface area contributed by atoms with E-state index < -0.39 is 0 Å². The van der Waals surface area contributed by atoms with Gasteiger partial charge in [0.2, 0.25) is 5.95 Å². The average Bonchev–Trinajstić information content (AvgIpc) is 3.25. The molecule has 0 aliphatic heterocycles. The molecule has 7 nitrogen and oxygen atoms in total. The molecule has 0 spiro atoms. The molecule has 1 heterocycles. The van der Waals surface area contributed by atoms with Crippen LogP contribution in [0.1, 0.15) is 23.1 Å². The first kappa shape index (κ1) is 22.3. The second kappa shape index (κ2) is 8.98. The Kier molecular flexibility index (Phi) is 6.89. The lowest BCUT2D eigenvalue weighted by molar-refractivity contribution is 0.416. The highest BCUT2D eigenvalue weighted by atomic mass is 35.5. The van der Waals surface area contributed by atoms with Crippen molar-refractivity contribution >= 4 is 42.3 Å². The summed E-state index contributed by atoms with van der Waals surface area (Å²) in [4.78, 5) is 4.43. The average molecular weight is 433 g/mol. The van der Waals surface area contributed by atoms with E-state index in [-0.39, 0.29) is 30.6 Å². The molecule has 4 rings (SSSR count). The third-order valence-corrected chi connectivity index (χ3v) is 4.71. The van der Waals surface area contributed by atoms with Crippen LogP contribution in [0.4, 0.5) is 5.95 Å². The summed E-state index contributed by atoms with van der Waals surface area (Å²) in [5, 5.41) is 12.4. The fourth-order valence-electron chi connectivity index (χ4n) is 3.44. The molecule has 29 heavy (non-hydrogen) atoms. The number of nitrogens with two attached hydrogens (primary N) is 2. The van der Waals surface area contributed by atoms with E-state index in [9.17, 15) is 0 Å². The molecule has 0 saturated carbocycles. The number of hydrogen-bond acceptors (Lipinski definition) is 5. The number of nitrogens with one attached hydrogen (secondary N) is 1. The lowest BCUT2D eigenvalue weighted by Crippen LogP contribution is -2.13. The predicted octanol–water partition coefficient (Wildman–Crippen LogP) is 3.47. The van der Waals surface area contributed by atoms with Crippen LogP contribution in [0.2, 0.25) is 0 Å². The summed E-state index contributed by atoms with van der Waals surface area (Å²) in [5.41, 5.74) is 17.1. The number of anilines is 1. The number of nitrogens with zero attached hydrogens (tertiary/aromatic N) is 3. The minimum Gasteiger partial charge on any atom is -0.496 e. The summed E-state index contributed by atoms with van der Waals surface area (Å²) in [7, 11) is 1.63. The van der Waals surface area contributed by atoms with Gasteiger partial charge >= 0.3 is 0 Å². The van der Waals surface area contributed by atoms with E-state index in [0.717, 1.165) is 46.6 Å². The third kappa shape index (κ3) is 4.06. The van der Waals surface area contributed by atoms with Gasteiger partial charge in [-0.25, -0.2) is 9.66 Å². The Balaban J connectivity index is 0.00000150. The van der Waals surface area contributed by atoms with Crippen LogP contribution in [-0.2, 0) is 6.42 Å². The van der Waals surface area contributed by atoms with Gasteiger partial charge in [0, 0.05) is 16.7 Å². The first-order chi connectivity index (χ1) is 13.1. The van der Waals surface area contributed by atoms with E-state index >= 15 is 0 Å². The van der Waals surface area contributed by atoms with Crippen LogP contribution in [0.25, 0.3) is 11.3 Å². The van der Waals surface area contributed by atoms with Crippen molar-refractivity contribution < 1.29 is 4.74 Å². The van der Waals surface area contributed by atoms with Crippen LogP contribution >= 0.6 is 24.8 Å². The summed E-state index contributed by atoms with van der Waals surface area (Å²) in [6.45, 7) is 0. The Morgan fingerprint density at radius 1 is 1.10 bits per heavy atom. The Hall–Kier alpha value is -3.03. The standard InChI is InChI=1S/C20H20N6O.2ClH/c1-27-18-8-3-2-5-15(18)17-11-26(20(23)24-17)25-16-10-9-12-13(16)6-4-7-14(12)19(21)22;;/h2-8,11H,9-10H2,1H3,(H3,21,22)(H2,23,24);2*1H. The number of para-hydroxylation sites is 1. The summed E-state index contributed by atoms with van der Waals surface area (Å²) >= 11 is 0. The molecule has 3 aromatic rings. The van der Waals surface area contributed by atoms with Gasteiger partial charge in [-0.15, -0.1) is 24.8 Å². The summed E-state index contributed by atoms with van der Waals surface area (Å²) in [5.74, 6) is 1.11. The molecule has 0 atom stereocenters. The quantitative estimate of drug-likeness (QED) is 0.432. The SMILES string of the molecule is COc1ccccc1-c1cn(N=C2CCc3c(C(=N)N)cccc32)c(N)n1.Cl.Cl. The second-order valence-corrected chi connectivity index (χ2v) is 6.32. The molecular weight excluding hydrogens is 411 g/mol. The predicted molar refractivity (Wildman–Crippen MR) is 121 cm³/mol. The molecule has 0 unspecified atom stereocenters. The number of nitrogen functional groups attached to an aromatic ring is 2.